The molecule has 12 heavy (non-hydrogen) atoms. The first kappa shape index (κ1) is 29.2. The van der Waals surface area contributed by atoms with Crippen LogP contribution in [-0.4, -0.2) is 0 Å². The van der Waals surface area contributed by atoms with Crippen molar-refractivity contribution in [3.63, 3.8) is 0 Å². The summed E-state index contributed by atoms with van der Waals surface area (Å²) in [5, 5.41) is 0. The third-order valence-corrected chi connectivity index (χ3v) is 0.556. The molecule has 0 aliphatic carbocycles. The molecule has 0 aliphatic rings. The van der Waals surface area contributed by atoms with Crippen LogP contribution in [-0.2, 0) is 25.8 Å². The molecule has 0 amide bonds. The van der Waals surface area contributed by atoms with Crippen molar-refractivity contribution in [1.29, 1.82) is 0 Å². The zero-order valence-corrected chi connectivity index (χ0v) is 12.8. The molecule has 1 rings (SSSR count). The van der Waals surface area contributed by atoms with E-state index in [0.717, 1.165) is 6.42 Å². The first-order chi connectivity index (χ1) is 3.91. The van der Waals surface area contributed by atoms with Crippen LogP contribution in [0.1, 0.15) is 13.3 Å². The Morgan fingerprint density at radius 3 is 1.42 bits per heavy atom. The van der Waals surface area contributed by atoms with Crippen LogP contribution in [0.25, 0.3) is 0 Å². The Balaban J connectivity index is -0.0000000219. The van der Waals surface area contributed by atoms with Gasteiger partial charge in [-0.1, -0.05) is 6.92 Å². The largest absolute Gasteiger partial charge is 1.00 e. The number of halogens is 3. The van der Waals surface area contributed by atoms with E-state index in [4.69, 9.17) is 0 Å². The molecule has 74 valence electrons. The van der Waals surface area contributed by atoms with Gasteiger partial charge in [0.15, 0.2) is 0 Å². The molecular weight excluding hydrogens is 381 g/mol. The van der Waals surface area contributed by atoms with E-state index >= 15 is 0 Å². The van der Waals surface area contributed by atoms with Gasteiger partial charge in [-0.15, -0.1) is 0 Å². The van der Waals surface area contributed by atoms with Gasteiger partial charge in [-0.2, -0.15) is 24.6 Å². The molecule has 0 atom stereocenters. The summed E-state index contributed by atoms with van der Waals surface area (Å²) < 4.78 is 0. The fraction of sp³-hybridized carbons (Fsp3) is 0.250. The molecule has 0 bridgehead atoms. The smallest absolute Gasteiger partial charge is 0 e. The van der Waals surface area contributed by atoms with E-state index in [1.165, 1.54) is 0 Å². The molecule has 0 fully saturated rings. The average molecular weight is 393 g/mol. The standard InChI is InChI=1S/C5H5.C3H7.3ClH.Hf/c1-2-4-5-3-1;1-3-2;;;;/h1-5H;1,3H2,2H3;3*1H;/q2*-1;;;;/p-3. The van der Waals surface area contributed by atoms with Crippen molar-refractivity contribution < 1.29 is 63.1 Å². The van der Waals surface area contributed by atoms with Crippen molar-refractivity contribution in [2.75, 3.05) is 0 Å². The maximum atomic E-state index is 3.49. The first-order valence-electron chi connectivity index (χ1n) is 2.87. The van der Waals surface area contributed by atoms with Crippen LogP contribution < -0.4 is 37.2 Å². The number of hydrogen-bond donors (Lipinski definition) is 0. The van der Waals surface area contributed by atoms with Crippen LogP contribution in [0.4, 0.5) is 0 Å². The Labute approximate surface area is 113 Å². The summed E-state index contributed by atoms with van der Waals surface area (Å²) in [5.74, 6) is 0. The molecule has 0 aliphatic heterocycles. The molecule has 0 saturated carbocycles. The second kappa shape index (κ2) is 29.6. The SMILES string of the molecule is [CH2-]CC.[Cl-].[Cl-].[Cl-].[Hf].c1cc[cH-]c1. The molecule has 4 heteroatoms. The molecule has 0 nitrogen and oxygen atoms in total. The third-order valence-electron chi connectivity index (χ3n) is 0.556. The molecule has 0 aromatic heterocycles. The van der Waals surface area contributed by atoms with Gasteiger partial charge in [-0.25, -0.2) is 12.1 Å². The minimum Gasteiger partial charge on any atom is -1.00 e. The van der Waals surface area contributed by atoms with E-state index in [2.05, 4.69) is 6.92 Å². The Morgan fingerprint density at radius 1 is 1.08 bits per heavy atom. The Hall–Kier alpha value is 1.09. The van der Waals surface area contributed by atoms with Crippen LogP contribution in [0.15, 0.2) is 30.3 Å². The summed E-state index contributed by atoms with van der Waals surface area (Å²) >= 11 is 0. The van der Waals surface area contributed by atoms with Crippen molar-refractivity contribution in [3.8, 4) is 0 Å². The second-order valence-corrected chi connectivity index (χ2v) is 1.46. The second-order valence-electron chi connectivity index (χ2n) is 1.46. The monoisotopic (exact) mass is 393 g/mol. The summed E-state index contributed by atoms with van der Waals surface area (Å²) in [4.78, 5) is 0. The van der Waals surface area contributed by atoms with E-state index < -0.39 is 0 Å². The van der Waals surface area contributed by atoms with E-state index in [1.807, 2.05) is 37.3 Å². The molecule has 0 unspecified atom stereocenters. The normalized spacial score (nSPS) is 4.83. The number of hydrogen-bond acceptors (Lipinski definition) is 0. The minimum atomic E-state index is 0. The van der Waals surface area contributed by atoms with Gasteiger partial charge in [0, 0.05) is 25.8 Å². The first-order valence-corrected chi connectivity index (χ1v) is 2.87. The molecule has 1 aromatic rings. The van der Waals surface area contributed by atoms with Gasteiger partial charge in [0.05, 0.1) is 0 Å². The van der Waals surface area contributed by atoms with Gasteiger partial charge < -0.3 is 44.1 Å². The molecular formula is C8H12Cl3Hf-5. The van der Waals surface area contributed by atoms with Crippen LogP contribution >= 0.6 is 0 Å². The molecule has 0 spiro atoms. The van der Waals surface area contributed by atoms with Crippen molar-refractivity contribution in [1.82, 2.24) is 0 Å². The fourth-order valence-corrected chi connectivity index (χ4v) is 0.321. The van der Waals surface area contributed by atoms with Gasteiger partial charge >= 0.3 is 0 Å². The van der Waals surface area contributed by atoms with E-state index in [1.54, 1.807) is 0 Å². The van der Waals surface area contributed by atoms with Gasteiger partial charge in [0.1, 0.15) is 0 Å². The van der Waals surface area contributed by atoms with Gasteiger partial charge in [0.2, 0.25) is 0 Å². The van der Waals surface area contributed by atoms with Gasteiger partial charge in [-0.05, 0) is 0 Å². The topological polar surface area (TPSA) is 0 Å². The van der Waals surface area contributed by atoms with Gasteiger partial charge in [0.25, 0.3) is 0 Å². The Bertz CT molecular complexity index is 81.2. The van der Waals surface area contributed by atoms with Crippen LogP contribution in [0.5, 0.6) is 0 Å². The average Bonchev–Trinajstić information content (AvgIpc) is 2.17. The molecule has 0 N–H and O–H groups in total. The minimum absolute atomic E-state index is 0. The summed E-state index contributed by atoms with van der Waals surface area (Å²) in [6, 6.07) is 10.0. The fourth-order valence-electron chi connectivity index (χ4n) is 0.321. The zero-order valence-electron chi connectivity index (χ0n) is 6.93. The third kappa shape index (κ3) is 30.4. The summed E-state index contributed by atoms with van der Waals surface area (Å²) in [5.41, 5.74) is 0. The molecule has 0 radical (unpaired) electrons. The number of rotatable bonds is 0. The van der Waals surface area contributed by atoms with Crippen molar-refractivity contribution >= 4 is 0 Å². The van der Waals surface area contributed by atoms with Gasteiger partial charge in [-0.3, -0.25) is 0 Å². The molecule has 0 heterocycles. The predicted molar refractivity (Wildman–Crippen MR) is 37.7 cm³/mol. The van der Waals surface area contributed by atoms with Crippen molar-refractivity contribution in [2.45, 2.75) is 13.3 Å². The maximum Gasteiger partial charge on any atom is 0 e. The van der Waals surface area contributed by atoms with E-state index in [-0.39, 0.29) is 63.1 Å². The summed E-state index contributed by atoms with van der Waals surface area (Å²) in [7, 11) is 0. The molecule has 1 aromatic carbocycles. The maximum absolute atomic E-state index is 3.49. The van der Waals surface area contributed by atoms with Crippen molar-refractivity contribution in [3.05, 3.63) is 37.3 Å². The van der Waals surface area contributed by atoms with Crippen LogP contribution in [0.2, 0.25) is 0 Å². The van der Waals surface area contributed by atoms with Crippen LogP contribution in [0.3, 0.4) is 0 Å². The quantitative estimate of drug-likeness (QED) is 0.304. The van der Waals surface area contributed by atoms with E-state index in [9.17, 15) is 0 Å². The zero-order chi connectivity index (χ0) is 6.24. The summed E-state index contributed by atoms with van der Waals surface area (Å²) in [6.07, 6.45) is 1.00. The van der Waals surface area contributed by atoms with Crippen LogP contribution in [0, 0.1) is 6.92 Å². The predicted octanol–water partition coefficient (Wildman–Crippen LogP) is -6.35. The summed E-state index contributed by atoms with van der Waals surface area (Å²) in [6.45, 7) is 5.50. The Kier molecular flexibility index (Phi) is 72.1. The van der Waals surface area contributed by atoms with Crippen molar-refractivity contribution in [2.24, 2.45) is 0 Å². The van der Waals surface area contributed by atoms with E-state index in [0.29, 0.717) is 0 Å². The Morgan fingerprint density at radius 2 is 1.33 bits per heavy atom. The molecule has 0 saturated heterocycles.